The van der Waals surface area contributed by atoms with E-state index in [4.69, 9.17) is 9.47 Å². The second-order valence-corrected chi connectivity index (χ2v) is 3.24. The van der Waals surface area contributed by atoms with Gasteiger partial charge in [-0.3, -0.25) is 0 Å². The number of methoxy groups -OCH3 is 1. The monoisotopic (exact) mass is 194 g/mol. The Bertz CT molecular complexity index is 256. The molecule has 0 saturated heterocycles. The van der Waals surface area contributed by atoms with Crippen LogP contribution in [0.3, 0.4) is 0 Å². The van der Waals surface area contributed by atoms with Crippen molar-refractivity contribution in [1.29, 1.82) is 0 Å². The number of benzene rings is 1. The van der Waals surface area contributed by atoms with Crippen LogP contribution in [0.4, 0.5) is 0 Å². The Labute approximate surface area is 85.2 Å². The van der Waals surface area contributed by atoms with Gasteiger partial charge >= 0.3 is 0 Å². The molecule has 0 aliphatic rings. The normalized spacial score (nSPS) is 10.3. The third-order valence-corrected chi connectivity index (χ3v) is 1.79. The van der Waals surface area contributed by atoms with E-state index >= 15 is 0 Å². The largest absolute Gasteiger partial charge is 0.497 e. The summed E-state index contributed by atoms with van der Waals surface area (Å²) in [5.74, 6) is 1.55. The maximum atomic E-state index is 5.46. The first-order chi connectivity index (χ1) is 6.72. The second-order valence-electron chi connectivity index (χ2n) is 3.24. The molecule has 0 heterocycles. The molecule has 3 heteroatoms. The van der Waals surface area contributed by atoms with Gasteiger partial charge in [0, 0.05) is 12.6 Å². The molecule has 0 saturated carbocycles. The van der Waals surface area contributed by atoms with Crippen molar-refractivity contribution in [2.24, 2.45) is 0 Å². The molecule has 0 aliphatic heterocycles. The first kappa shape index (κ1) is 10.9. The van der Waals surface area contributed by atoms with E-state index in [-0.39, 0.29) is 0 Å². The summed E-state index contributed by atoms with van der Waals surface area (Å²) < 4.78 is 10.5. The molecule has 1 rings (SSSR count). The average molecular weight is 194 g/mol. The average Bonchev–Trinajstić information content (AvgIpc) is 2.18. The molecule has 14 heavy (non-hydrogen) atoms. The Balaban J connectivity index is 2.36. The summed E-state index contributed by atoms with van der Waals surface area (Å²) in [6, 6.07) is 8.48. The molecule has 1 aromatic rings. The molecule has 0 N–H and O–H groups in total. The van der Waals surface area contributed by atoms with Crippen molar-refractivity contribution in [3.8, 4) is 11.5 Å². The van der Waals surface area contributed by atoms with E-state index in [1.54, 1.807) is 13.2 Å². The highest BCUT2D eigenvalue weighted by atomic mass is 16.5. The lowest BCUT2D eigenvalue weighted by Gasteiger charge is -2.10. The zero-order chi connectivity index (χ0) is 10.4. The van der Waals surface area contributed by atoms with Gasteiger partial charge in [0.05, 0.1) is 7.11 Å². The van der Waals surface area contributed by atoms with Crippen molar-refractivity contribution < 1.29 is 9.47 Å². The fourth-order valence-corrected chi connectivity index (χ4v) is 0.951. The van der Waals surface area contributed by atoms with Crippen LogP contribution in [0.25, 0.3) is 0 Å². The van der Waals surface area contributed by atoms with Crippen LogP contribution in [0.5, 0.6) is 11.5 Å². The third kappa shape index (κ3) is 3.66. The molecule has 0 bridgehead atoms. The third-order valence-electron chi connectivity index (χ3n) is 1.79. The van der Waals surface area contributed by atoms with Crippen LogP contribution >= 0.6 is 0 Å². The van der Waals surface area contributed by atoms with E-state index in [1.807, 2.05) is 26.2 Å². The van der Waals surface area contributed by atoms with E-state index in [2.05, 4.69) is 11.0 Å². The van der Waals surface area contributed by atoms with Crippen molar-refractivity contribution in [1.82, 2.24) is 4.90 Å². The van der Waals surface area contributed by atoms with Crippen molar-refractivity contribution in [2.75, 3.05) is 34.4 Å². The maximum Gasteiger partial charge on any atom is 0.127 e. The summed E-state index contributed by atoms with van der Waals surface area (Å²) in [5, 5.41) is 0. The van der Waals surface area contributed by atoms with Crippen LogP contribution in [0.1, 0.15) is 0 Å². The van der Waals surface area contributed by atoms with Crippen LogP contribution in [0.15, 0.2) is 18.2 Å². The van der Waals surface area contributed by atoms with Gasteiger partial charge in [-0.25, -0.2) is 0 Å². The smallest absolute Gasteiger partial charge is 0.127 e. The highest BCUT2D eigenvalue weighted by molar-refractivity contribution is 5.29. The zero-order valence-corrected chi connectivity index (χ0v) is 8.91. The Morgan fingerprint density at radius 1 is 1.36 bits per heavy atom. The number of hydrogen-bond acceptors (Lipinski definition) is 3. The minimum atomic E-state index is 0.676. The van der Waals surface area contributed by atoms with Gasteiger partial charge in [-0.2, -0.15) is 0 Å². The Morgan fingerprint density at radius 2 is 2.14 bits per heavy atom. The van der Waals surface area contributed by atoms with Crippen molar-refractivity contribution >= 4 is 0 Å². The Morgan fingerprint density at radius 3 is 2.64 bits per heavy atom. The van der Waals surface area contributed by atoms with Gasteiger partial charge in [-0.1, -0.05) is 0 Å². The van der Waals surface area contributed by atoms with Crippen molar-refractivity contribution in [3.05, 3.63) is 24.3 Å². The molecule has 1 radical (unpaired) electrons. The lowest BCUT2D eigenvalue weighted by atomic mass is 10.3. The predicted octanol–water partition coefficient (Wildman–Crippen LogP) is 1.44. The molecule has 1 aromatic carbocycles. The molecule has 0 spiro atoms. The summed E-state index contributed by atoms with van der Waals surface area (Å²) >= 11 is 0. The lowest BCUT2D eigenvalue weighted by molar-refractivity contribution is 0.260. The van der Waals surface area contributed by atoms with Gasteiger partial charge in [0.1, 0.15) is 18.1 Å². The van der Waals surface area contributed by atoms with E-state index in [9.17, 15) is 0 Å². The van der Waals surface area contributed by atoms with Gasteiger partial charge in [0.25, 0.3) is 0 Å². The van der Waals surface area contributed by atoms with Crippen LogP contribution in [-0.2, 0) is 0 Å². The van der Waals surface area contributed by atoms with Gasteiger partial charge in [0.15, 0.2) is 0 Å². The van der Waals surface area contributed by atoms with E-state index in [0.29, 0.717) is 6.61 Å². The number of ether oxygens (including phenoxy) is 2. The van der Waals surface area contributed by atoms with E-state index < -0.39 is 0 Å². The summed E-state index contributed by atoms with van der Waals surface area (Å²) in [7, 11) is 5.66. The van der Waals surface area contributed by atoms with Crippen LogP contribution < -0.4 is 9.47 Å². The standard InChI is InChI=1S/C11H16NO2/c1-12(2)8-9-14-11-6-4-10(13-3)5-7-11/h4-6H,8-9H2,1-3H3. The molecule has 77 valence electrons. The SMILES string of the molecule is COc1c[c]c(OCCN(C)C)cc1. The van der Waals surface area contributed by atoms with Crippen molar-refractivity contribution in [3.63, 3.8) is 0 Å². The van der Waals surface area contributed by atoms with Gasteiger partial charge in [-0.15, -0.1) is 0 Å². The predicted molar refractivity (Wildman–Crippen MR) is 55.9 cm³/mol. The van der Waals surface area contributed by atoms with Crippen molar-refractivity contribution in [2.45, 2.75) is 0 Å². The molecule has 0 atom stereocenters. The summed E-state index contributed by atoms with van der Waals surface area (Å²) in [5.41, 5.74) is 0. The van der Waals surface area contributed by atoms with Gasteiger partial charge in [0.2, 0.25) is 0 Å². The fourth-order valence-electron chi connectivity index (χ4n) is 0.951. The number of rotatable bonds is 5. The molecule has 0 fully saturated rings. The second kappa shape index (κ2) is 5.50. The van der Waals surface area contributed by atoms with E-state index in [1.165, 1.54) is 0 Å². The van der Waals surface area contributed by atoms with E-state index in [0.717, 1.165) is 18.0 Å². The van der Waals surface area contributed by atoms with Crippen LogP contribution in [0, 0.1) is 6.07 Å². The molecule has 0 aliphatic carbocycles. The highest BCUT2D eigenvalue weighted by Crippen LogP contribution is 2.15. The lowest BCUT2D eigenvalue weighted by Crippen LogP contribution is -2.19. The fraction of sp³-hybridized carbons (Fsp3) is 0.455. The van der Waals surface area contributed by atoms with Crippen LogP contribution in [-0.4, -0.2) is 39.3 Å². The summed E-state index contributed by atoms with van der Waals surface area (Å²) in [4.78, 5) is 2.07. The maximum absolute atomic E-state index is 5.46. The summed E-state index contributed by atoms with van der Waals surface area (Å²) in [6.45, 7) is 1.58. The molecule has 3 nitrogen and oxygen atoms in total. The quantitative estimate of drug-likeness (QED) is 0.708. The molecular formula is C11H16NO2. The minimum Gasteiger partial charge on any atom is -0.497 e. The number of likely N-dealkylation sites (N-methyl/N-ethyl adjacent to an activating group) is 1. The van der Waals surface area contributed by atoms with Gasteiger partial charge < -0.3 is 14.4 Å². The Hall–Kier alpha value is -1.22. The first-order valence-corrected chi connectivity index (χ1v) is 4.55. The highest BCUT2D eigenvalue weighted by Gasteiger charge is 1.96. The molecule has 0 unspecified atom stereocenters. The minimum absolute atomic E-state index is 0.676. The molecule has 0 aromatic heterocycles. The first-order valence-electron chi connectivity index (χ1n) is 4.55. The number of nitrogens with zero attached hydrogens (tertiary/aromatic N) is 1. The van der Waals surface area contributed by atoms with Crippen LogP contribution in [0.2, 0.25) is 0 Å². The Kier molecular flexibility index (Phi) is 4.26. The van der Waals surface area contributed by atoms with Gasteiger partial charge in [-0.05, 0) is 32.3 Å². The number of hydrogen-bond donors (Lipinski definition) is 0. The molecule has 0 amide bonds. The summed E-state index contributed by atoms with van der Waals surface area (Å²) in [6.07, 6.45) is 0. The molecular weight excluding hydrogens is 178 g/mol. The topological polar surface area (TPSA) is 21.7 Å². The zero-order valence-electron chi connectivity index (χ0n) is 8.91.